The topological polar surface area (TPSA) is 77.0 Å². The third-order valence-electron chi connectivity index (χ3n) is 4.77. The number of sulfonamides is 1. The Labute approximate surface area is 146 Å². The number of nitrogens with zero attached hydrogens (tertiary/aromatic N) is 3. The van der Waals surface area contributed by atoms with Crippen LogP contribution in [0.3, 0.4) is 0 Å². The predicted molar refractivity (Wildman–Crippen MR) is 98.8 cm³/mol. The molecule has 0 spiro atoms. The van der Waals surface area contributed by atoms with Crippen LogP contribution in [0.4, 0.5) is 0 Å². The number of aliphatic imine (C=N–C) groups is 1. The zero-order chi connectivity index (χ0) is 17.6. The summed E-state index contributed by atoms with van der Waals surface area (Å²) in [7, 11) is -3.02. The van der Waals surface area contributed by atoms with Crippen LogP contribution in [0.2, 0.25) is 0 Å². The molecular weight excluding hydrogens is 326 g/mol. The third-order valence-corrected chi connectivity index (χ3v) is 6.72. The molecule has 0 aromatic rings. The molecule has 8 heteroatoms. The van der Waals surface area contributed by atoms with E-state index in [1.165, 1.54) is 0 Å². The molecule has 0 aromatic carbocycles. The van der Waals surface area contributed by atoms with E-state index in [2.05, 4.69) is 34.4 Å². The van der Waals surface area contributed by atoms with Crippen molar-refractivity contribution in [3.05, 3.63) is 0 Å². The van der Waals surface area contributed by atoms with E-state index in [1.54, 1.807) is 4.31 Å². The van der Waals surface area contributed by atoms with Gasteiger partial charge in [-0.1, -0.05) is 0 Å². The summed E-state index contributed by atoms with van der Waals surface area (Å²) in [5.74, 6) is 1.08. The van der Waals surface area contributed by atoms with E-state index in [1.807, 2.05) is 6.92 Å². The van der Waals surface area contributed by atoms with Gasteiger partial charge < -0.3 is 15.5 Å². The summed E-state index contributed by atoms with van der Waals surface area (Å²) in [5, 5.41) is 6.77. The van der Waals surface area contributed by atoms with E-state index in [-0.39, 0.29) is 5.75 Å². The van der Waals surface area contributed by atoms with E-state index in [0.717, 1.165) is 44.9 Å². The maximum absolute atomic E-state index is 11.8. The number of hydrogen-bond acceptors (Lipinski definition) is 4. The second-order valence-corrected chi connectivity index (χ2v) is 8.97. The number of piperidine rings is 1. The molecule has 24 heavy (non-hydrogen) atoms. The highest BCUT2D eigenvalue weighted by atomic mass is 32.2. The van der Waals surface area contributed by atoms with Crippen molar-refractivity contribution < 1.29 is 8.42 Å². The lowest BCUT2D eigenvalue weighted by molar-refractivity contribution is 0.167. The Bertz CT molecular complexity index is 513. The van der Waals surface area contributed by atoms with Crippen LogP contribution in [0.15, 0.2) is 4.99 Å². The molecule has 0 amide bonds. The summed E-state index contributed by atoms with van der Waals surface area (Å²) in [4.78, 5) is 7.07. The highest BCUT2D eigenvalue weighted by molar-refractivity contribution is 7.89. The average molecular weight is 360 g/mol. The van der Waals surface area contributed by atoms with E-state index in [9.17, 15) is 8.42 Å². The minimum absolute atomic E-state index is 0.281. The SMILES string of the molecule is CCNC(=NCCN1CCCS1(=O)=O)NC1CCN(C(C)C)CC1. The normalized spacial score (nSPS) is 23.8. The number of nitrogens with one attached hydrogen (secondary N) is 2. The number of hydrogen-bond donors (Lipinski definition) is 2. The van der Waals surface area contributed by atoms with Gasteiger partial charge in [-0.05, 0) is 40.0 Å². The fourth-order valence-corrected chi connectivity index (χ4v) is 4.81. The first-order chi connectivity index (χ1) is 11.4. The van der Waals surface area contributed by atoms with Crippen LogP contribution < -0.4 is 10.6 Å². The minimum Gasteiger partial charge on any atom is -0.357 e. The molecule has 7 nitrogen and oxygen atoms in total. The lowest BCUT2D eigenvalue weighted by Gasteiger charge is -2.35. The Hall–Kier alpha value is -0.860. The molecule has 2 aliphatic heterocycles. The number of likely N-dealkylation sites (tertiary alicyclic amines) is 1. The van der Waals surface area contributed by atoms with Gasteiger partial charge in [0, 0.05) is 44.8 Å². The first-order valence-corrected chi connectivity index (χ1v) is 10.8. The smallest absolute Gasteiger partial charge is 0.214 e. The van der Waals surface area contributed by atoms with Gasteiger partial charge in [0.05, 0.1) is 12.3 Å². The lowest BCUT2D eigenvalue weighted by atomic mass is 10.0. The lowest BCUT2D eigenvalue weighted by Crippen LogP contribution is -2.50. The number of guanidine groups is 1. The van der Waals surface area contributed by atoms with Crippen molar-refractivity contribution in [2.24, 2.45) is 4.99 Å². The Kier molecular flexibility index (Phi) is 7.31. The molecule has 0 bridgehead atoms. The molecule has 0 radical (unpaired) electrons. The Morgan fingerprint density at radius 3 is 2.50 bits per heavy atom. The maximum atomic E-state index is 11.8. The molecule has 0 saturated carbocycles. The zero-order valence-corrected chi connectivity index (χ0v) is 16.1. The summed E-state index contributed by atoms with van der Waals surface area (Å²) < 4.78 is 25.2. The minimum atomic E-state index is -3.02. The van der Waals surface area contributed by atoms with Gasteiger partial charge in [0.25, 0.3) is 0 Å². The first-order valence-electron chi connectivity index (χ1n) is 9.19. The van der Waals surface area contributed by atoms with Crippen molar-refractivity contribution in [3.63, 3.8) is 0 Å². The second kappa shape index (κ2) is 9.01. The van der Waals surface area contributed by atoms with E-state index in [4.69, 9.17) is 0 Å². The summed E-state index contributed by atoms with van der Waals surface area (Å²) in [5.41, 5.74) is 0. The summed E-state index contributed by atoms with van der Waals surface area (Å²) in [6.07, 6.45) is 2.96. The quantitative estimate of drug-likeness (QED) is 0.532. The van der Waals surface area contributed by atoms with E-state index in [0.29, 0.717) is 31.7 Å². The molecule has 2 saturated heterocycles. The fraction of sp³-hybridized carbons (Fsp3) is 0.938. The zero-order valence-electron chi connectivity index (χ0n) is 15.3. The molecular formula is C16H33N5O2S. The van der Waals surface area contributed by atoms with E-state index >= 15 is 0 Å². The van der Waals surface area contributed by atoms with Crippen LogP contribution in [-0.2, 0) is 10.0 Å². The summed E-state index contributed by atoms with van der Waals surface area (Å²) in [6.45, 7) is 11.2. The highest BCUT2D eigenvalue weighted by Gasteiger charge is 2.27. The van der Waals surface area contributed by atoms with Crippen LogP contribution in [0.1, 0.15) is 40.0 Å². The molecule has 2 fully saturated rings. The van der Waals surface area contributed by atoms with Crippen molar-refractivity contribution in [1.82, 2.24) is 19.8 Å². The molecule has 140 valence electrons. The van der Waals surface area contributed by atoms with Crippen LogP contribution in [0.25, 0.3) is 0 Å². The van der Waals surface area contributed by atoms with Crippen LogP contribution in [0, 0.1) is 0 Å². The average Bonchev–Trinajstić information content (AvgIpc) is 2.87. The van der Waals surface area contributed by atoms with Crippen molar-refractivity contribution in [2.75, 3.05) is 45.0 Å². The highest BCUT2D eigenvalue weighted by Crippen LogP contribution is 2.13. The van der Waals surface area contributed by atoms with E-state index < -0.39 is 10.0 Å². The number of rotatable bonds is 6. The van der Waals surface area contributed by atoms with Gasteiger partial charge in [-0.25, -0.2) is 12.7 Å². The molecule has 2 aliphatic rings. The summed E-state index contributed by atoms with van der Waals surface area (Å²) >= 11 is 0. The Balaban J connectivity index is 1.81. The molecule has 0 unspecified atom stereocenters. The maximum Gasteiger partial charge on any atom is 0.214 e. The molecule has 0 aliphatic carbocycles. The van der Waals surface area contributed by atoms with Gasteiger partial charge in [-0.15, -0.1) is 0 Å². The second-order valence-electron chi connectivity index (χ2n) is 6.88. The van der Waals surface area contributed by atoms with Crippen LogP contribution in [-0.4, -0.2) is 80.7 Å². The van der Waals surface area contributed by atoms with Gasteiger partial charge >= 0.3 is 0 Å². The molecule has 2 N–H and O–H groups in total. The van der Waals surface area contributed by atoms with Crippen molar-refractivity contribution in [1.29, 1.82) is 0 Å². The van der Waals surface area contributed by atoms with Gasteiger partial charge in [-0.2, -0.15) is 0 Å². The standard InChI is InChI=1S/C16H33N5O2S/c1-4-17-16(18-8-12-21-9-5-13-24(21,22)23)19-15-6-10-20(11-7-15)14(2)3/h14-15H,4-13H2,1-3H3,(H2,17,18,19). The largest absolute Gasteiger partial charge is 0.357 e. The predicted octanol–water partition coefficient (Wildman–Crippen LogP) is 0.450. The first kappa shape index (κ1) is 19.5. The van der Waals surface area contributed by atoms with Gasteiger partial charge in [-0.3, -0.25) is 4.99 Å². The van der Waals surface area contributed by atoms with Crippen LogP contribution >= 0.6 is 0 Å². The van der Waals surface area contributed by atoms with Gasteiger partial charge in [0.15, 0.2) is 5.96 Å². The monoisotopic (exact) mass is 359 g/mol. The Morgan fingerprint density at radius 2 is 1.96 bits per heavy atom. The Morgan fingerprint density at radius 1 is 1.25 bits per heavy atom. The molecule has 2 rings (SSSR count). The van der Waals surface area contributed by atoms with Crippen molar-refractivity contribution >= 4 is 16.0 Å². The van der Waals surface area contributed by atoms with Crippen LogP contribution in [0.5, 0.6) is 0 Å². The van der Waals surface area contributed by atoms with Gasteiger partial charge in [0.2, 0.25) is 10.0 Å². The van der Waals surface area contributed by atoms with Crippen molar-refractivity contribution in [3.8, 4) is 0 Å². The molecule has 0 atom stereocenters. The molecule has 0 aromatic heterocycles. The summed E-state index contributed by atoms with van der Waals surface area (Å²) in [6, 6.07) is 1.04. The fourth-order valence-electron chi connectivity index (χ4n) is 3.29. The van der Waals surface area contributed by atoms with Gasteiger partial charge in [0.1, 0.15) is 0 Å². The molecule has 2 heterocycles. The van der Waals surface area contributed by atoms with Crippen molar-refractivity contribution in [2.45, 2.75) is 52.1 Å². The third kappa shape index (κ3) is 5.60.